The summed E-state index contributed by atoms with van der Waals surface area (Å²) in [6.45, 7) is 7.83. The fourth-order valence-electron chi connectivity index (χ4n) is 2.59. The average Bonchev–Trinajstić information content (AvgIpc) is 2.86. The number of nitrogens with zero attached hydrogens (tertiary/aromatic N) is 1. The third kappa shape index (κ3) is 5.01. The van der Waals surface area contributed by atoms with E-state index in [1.165, 1.54) is 4.90 Å². The van der Waals surface area contributed by atoms with Crippen molar-refractivity contribution in [3.63, 3.8) is 0 Å². The predicted molar refractivity (Wildman–Crippen MR) is 96.2 cm³/mol. The number of hydrogen-bond acceptors (Lipinski definition) is 4. The summed E-state index contributed by atoms with van der Waals surface area (Å²) in [6, 6.07) is 3.33. The van der Waals surface area contributed by atoms with Crippen molar-refractivity contribution < 1.29 is 19.1 Å². The highest BCUT2D eigenvalue weighted by molar-refractivity contribution is 6.32. The van der Waals surface area contributed by atoms with E-state index in [2.05, 4.69) is 5.32 Å². The van der Waals surface area contributed by atoms with Gasteiger partial charge in [-0.05, 0) is 63.8 Å². The first-order valence-electron chi connectivity index (χ1n) is 8.35. The quantitative estimate of drug-likeness (QED) is 0.863. The molecule has 0 saturated heterocycles. The summed E-state index contributed by atoms with van der Waals surface area (Å²) in [5.74, 6) is 0.295. The van der Waals surface area contributed by atoms with Crippen molar-refractivity contribution in [1.29, 1.82) is 0 Å². The molecule has 0 aromatic heterocycles. The van der Waals surface area contributed by atoms with Gasteiger partial charge in [-0.15, -0.1) is 0 Å². The van der Waals surface area contributed by atoms with Gasteiger partial charge in [-0.3, -0.25) is 0 Å². The molecular formula is C18H25ClN2O4. The highest BCUT2D eigenvalue weighted by atomic mass is 35.5. The Morgan fingerprint density at radius 1 is 1.36 bits per heavy atom. The number of ether oxygens (including phenoxy) is 2. The van der Waals surface area contributed by atoms with E-state index in [9.17, 15) is 9.59 Å². The van der Waals surface area contributed by atoms with E-state index >= 15 is 0 Å². The standard InChI is InChI=1S/C18H25ClN2O4/c1-6-21(5)17(23)24-15-10-12-11(9-13(15)19)7-8-14(12)20-16(22)25-18(2,3)4/h9-10,14H,6-8H2,1-5H3,(H,20,22). The van der Waals surface area contributed by atoms with Crippen LogP contribution in [0.3, 0.4) is 0 Å². The number of carbonyl (C=O) groups excluding carboxylic acids is 2. The van der Waals surface area contributed by atoms with Crippen molar-refractivity contribution in [2.24, 2.45) is 0 Å². The van der Waals surface area contributed by atoms with Crippen molar-refractivity contribution in [3.05, 3.63) is 28.3 Å². The summed E-state index contributed by atoms with van der Waals surface area (Å²) >= 11 is 6.23. The lowest BCUT2D eigenvalue weighted by atomic mass is 10.1. The summed E-state index contributed by atoms with van der Waals surface area (Å²) in [5, 5.41) is 3.25. The van der Waals surface area contributed by atoms with Crippen LogP contribution in [0.15, 0.2) is 12.1 Å². The van der Waals surface area contributed by atoms with Gasteiger partial charge in [0.05, 0.1) is 11.1 Å². The Balaban J connectivity index is 2.16. The number of hydrogen-bond donors (Lipinski definition) is 1. The van der Waals surface area contributed by atoms with Crippen molar-refractivity contribution >= 4 is 23.8 Å². The van der Waals surface area contributed by atoms with Crippen LogP contribution in [0.5, 0.6) is 5.75 Å². The van der Waals surface area contributed by atoms with Gasteiger partial charge in [-0.2, -0.15) is 0 Å². The SMILES string of the molecule is CCN(C)C(=O)Oc1cc2c(cc1Cl)CCC2NC(=O)OC(C)(C)C. The Morgan fingerprint density at radius 3 is 2.64 bits per heavy atom. The first-order chi connectivity index (χ1) is 11.6. The van der Waals surface area contributed by atoms with E-state index in [0.29, 0.717) is 17.3 Å². The van der Waals surface area contributed by atoms with E-state index in [1.54, 1.807) is 19.2 Å². The fraction of sp³-hybridized carbons (Fsp3) is 0.556. The molecule has 1 aliphatic rings. The largest absolute Gasteiger partial charge is 0.444 e. The maximum Gasteiger partial charge on any atom is 0.415 e. The molecule has 0 radical (unpaired) electrons. The molecule has 1 atom stereocenters. The maximum absolute atomic E-state index is 12.0. The third-order valence-electron chi connectivity index (χ3n) is 3.95. The summed E-state index contributed by atoms with van der Waals surface area (Å²) < 4.78 is 10.7. The van der Waals surface area contributed by atoms with Crippen LogP contribution in [-0.4, -0.2) is 36.3 Å². The normalized spacial score (nSPS) is 16.2. The molecule has 0 heterocycles. The van der Waals surface area contributed by atoms with Gasteiger partial charge in [0.2, 0.25) is 0 Å². The highest BCUT2D eigenvalue weighted by Crippen LogP contribution is 2.38. The smallest absolute Gasteiger partial charge is 0.415 e. The van der Waals surface area contributed by atoms with Crippen LogP contribution in [0, 0.1) is 0 Å². The second-order valence-corrected chi connectivity index (χ2v) is 7.51. The summed E-state index contributed by atoms with van der Waals surface area (Å²) in [4.78, 5) is 25.4. The molecule has 0 fully saturated rings. The number of carbonyl (C=O) groups is 2. The number of amides is 2. The molecule has 1 N–H and O–H groups in total. The lowest BCUT2D eigenvalue weighted by Crippen LogP contribution is -2.34. The van der Waals surface area contributed by atoms with Gasteiger partial charge < -0.3 is 19.7 Å². The molecule has 1 unspecified atom stereocenters. The molecule has 1 aromatic rings. The molecule has 1 aliphatic carbocycles. The van der Waals surface area contributed by atoms with E-state index < -0.39 is 17.8 Å². The lowest BCUT2D eigenvalue weighted by Gasteiger charge is -2.22. The molecule has 25 heavy (non-hydrogen) atoms. The minimum Gasteiger partial charge on any atom is -0.444 e. The Hall–Kier alpha value is -1.95. The van der Waals surface area contributed by atoms with E-state index in [-0.39, 0.29) is 6.04 Å². The number of aryl methyl sites for hydroxylation is 1. The van der Waals surface area contributed by atoms with Crippen LogP contribution in [0.4, 0.5) is 9.59 Å². The van der Waals surface area contributed by atoms with Crippen LogP contribution >= 0.6 is 11.6 Å². The van der Waals surface area contributed by atoms with Crippen LogP contribution in [-0.2, 0) is 11.2 Å². The van der Waals surface area contributed by atoms with E-state index in [4.69, 9.17) is 21.1 Å². The first kappa shape index (κ1) is 19.4. The highest BCUT2D eigenvalue weighted by Gasteiger charge is 2.28. The van der Waals surface area contributed by atoms with Crippen LogP contribution in [0.1, 0.15) is 51.3 Å². The second kappa shape index (κ2) is 7.52. The van der Waals surface area contributed by atoms with Crippen molar-refractivity contribution in [2.75, 3.05) is 13.6 Å². The fourth-order valence-corrected chi connectivity index (χ4v) is 2.81. The van der Waals surface area contributed by atoms with Gasteiger partial charge in [0.25, 0.3) is 0 Å². The maximum atomic E-state index is 12.0. The molecule has 0 aliphatic heterocycles. The van der Waals surface area contributed by atoms with Crippen LogP contribution < -0.4 is 10.1 Å². The van der Waals surface area contributed by atoms with E-state index in [0.717, 1.165) is 24.0 Å². The topological polar surface area (TPSA) is 67.9 Å². The second-order valence-electron chi connectivity index (χ2n) is 7.10. The number of benzene rings is 1. The summed E-state index contributed by atoms with van der Waals surface area (Å²) in [5.41, 5.74) is 1.38. The van der Waals surface area contributed by atoms with E-state index in [1.807, 2.05) is 27.7 Å². The number of fused-ring (bicyclic) bond motifs is 1. The van der Waals surface area contributed by atoms with Crippen molar-refractivity contribution in [1.82, 2.24) is 10.2 Å². The van der Waals surface area contributed by atoms with Gasteiger partial charge in [-0.25, -0.2) is 9.59 Å². The minimum atomic E-state index is -0.559. The van der Waals surface area contributed by atoms with Crippen molar-refractivity contribution in [3.8, 4) is 5.75 Å². The number of halogens is 1. The average molecular weight is 369 g/mol. The first-order valence-corrected chi connectivity index (χ1v) is 8.73. The lowest BCUT2D eigenvalue weighted by molar-refractivity contribution is 0.0503. The van der Waals surface area contributed by atoms with Gasteiger partial charge in [0.15, 0.2) is 5.75 Å². The van der Waals surface area contributed by atoms with Crippen LogP contribution in [0.25, 0.3) is 0 Å². The number of alkyl carbamates (subject to hydrolysis) is 1. The number of rotatable bonds is 3. The molecule has 7 heteroatoms. The third-order valence-corrected chi connectivity index (χ3v) is 4.24. The summed E-state index contributed by atoms with van der Waals surface area (Å²) in [6.07, 6.45) is 0.596. The van der Waals surface area contributed by atoms with Gasteiger partial charge in [0, 0.05) is 13.6 Å². The molecule has 138 valence electrons. The molecule has 0 bridgehead atoms. The number of nitrogens with one attached hydrogen (secondary N) is 1. The van der Waals surface area contributed by atoms with Crippen molar-refractivity contribution in [2.45, 2.75) is 52.2 Å². The van der Waals surface area contributed by atoms with Crippen LogP contribution in [0.2, 0.25) is 5.02 Å². The Kier molecular flexibility index (Phi) is 5.83. The Bertz CT molecular complexity index is 670. The van der Waals surface area contributed by atoms with Gasteiger partial charge in [0.1, 0.15) is 5.60 Å². The molecule has 0 spiro atoms. The molecule has 2 amide bonds. The molecule has 2 rings (SSSR count). The molecule has 0 saturated carbocycles. The molecule has 6 nitrogen and oxygen atoms in total. The Labute approximate surface area is 153 Å². The molecular weight excluding hydrogens is 344 g/mol. The molecule has 1 aromatic carbocycles. The minimum absolute atomic E-state index is 0.191. The Morgan fingerprint density at radius 2 is 2.04 bits per heavy atom. The summed E-state index contributed by atoms with van der Waals surface area (Å²) in [7, 11) is 1.65. The zero-order chi connectivity index (χ0) is 18.8. The monoisotopic (exact) mass is 368 g/mol. The van der Waals surface area contributed by atoms with Gasteiger partial charge in [-0.1, -0.05) is 11.6 Å². The van der Waals surface area contributed by atoms with Gasteiger partial charge >= 0.3 is 12.2 Å². The predicted octanol–water partition coefficient (Wildman–Crippen LogP) is 4.30. The zero-order valence-electron chi connectivity index (χ0n) is 15.3. The zero-order valence-corrected chi connectivity index (χ0v) is 16.1.